The van der Waals surface area contributed by atoms with Crippen molar-refractivity contribution >= 4 is 5.91 Å². The van der Waals surface area contributed by atoms with Crippen LogP contribution in [-0.2, 0) is 17.6 Å². The first-order valence-corrected chi connectivity index (χ1v) is 10.2. The number of rotatable bonds is 3. The van der Waals surface area contributed by atoms with Gasteiger partial charge in [0.05, 0.1) is 7.11 Å². The molecule has 3 aliphatic rings. The van der Waals surface area contributed by atoms with E-state index in [0.717, 1.165) is 56.4 Å². The van der Waals surface area contributed by atoms with Crippen molar-refractivity contribution in [2.45, 2.75) is 57.8 Å². The van der Waals surface area contributed by atoms with Crippen molar-refractivity contribution < 1.29 is 9.53 Å². The van der Waals surface area contributed by atoms with E-state index in [2.05, 4.69) is 17.0 Å². The van der Waals surface area contributed by atoms with Crippen LogP contribution in [-0.4, -0.2) is 31.0 Å². The van der Waals surface area contributed by atoms with Gasteiger partial charge in [0.1, 0.15) is 5.75 Å². The van der Waals surface area contributed by atoms with Gasteiger partial charge in [-0.25, -0.2) is 0 Å². The van der Waals surface area contributed by atoms with Gasteiger partial charge in [-0.3, -0.25) is 4.79 Å². The minimum absolute atomic E-state index is 0.284. The van der Waals surface area contributed by atoms with E-state index in [1.54, 1.807) is 7.11 Å². The maximum Gasteiger partial charge on any atom is 0.225 e. The Labute approximate surface area is 151 Å². The second-order valence-corrected chi connectivity index (χ2v) is 8.26. The minimum atomic E-state index is 0.284. The van der Waals surface area contributed by atoms with Crippen molar-refractivity contribution in [3.8, 4) is 5.75 Å². The first kappa shape index (κ1) is 16.9. The van der Waals surface area contributed by atoms with Crippen molar-refractivity contribution in [1.29, 1.82) is 0 Å². The molecule has 1 amide bonds. The Kier molecular flexibility index (Phi) is 5.00. The van der Waals surface area contributed by atoms with Gasteiger partial charge in [-0.05, 0) is 73.6 Å². The fourth-order valence-electron chi connectivity index (χ4n) is 5.06. The maximum atomic E-state index is 13.0. The molecule has 2 aliphatic carbocycles. The Hall–Kier alpha value is -1.51. The van der Waals surface area contributed by atoms with Gasteiger partial charge < -0.3 is 9.64 Å². The summed E-state index contributed by atoms with van der Waals surface area (Å²) in [6, 6.07) is 6.36. The summed E-state index contributed by atoms with van der Waals surface area (Å²) in [5, 5.41) is 0. The third kappa shape index (κ3) is 3.56. The van der Waals surface area contributed by atoms with E-state index >= 15 is 0 Å². The van der Waals surface area contributed by atoms with Crippen LogP contribution in [0.2, 0.25) is 0 Å². The molecule has 0 bridgehead atoms. The number of hydrogen-bond acceptors (Lipinski definition) is 2. The van der Waals surface area contributed by atoms with Gasteiger partial charge in [-0.15, -0.1) is 0 Å². The summed E-state index contributed by atoms with van der Waals surface area (Å²) in [6.07, 6.45) is 11.1. The highest BCUT2D eigenvalue weighted by molar-refractivity contribution is 5.79. The second-order valence-electron chi connectivity index (χ2n) is 8.26. The maximum absolute atomic E-state index is 13.0. The Morgan fingerprint density at radius 1 is 0.960 bits per heavy atom. The van der Waals surface area contributed by atoms with Crippen LogP contribution in [0.5, 0.6) is 5.75 Å². The third-order valence-electron chi connectivity index (χ3n) is 6.96. The Morgan fingerprint density at radius 3 is 2.28 bits per heavy atom. The largest absolute Gasteiger partial charge is 0.497 e. The van der Waals surface area contributed by atoms with E-state index in [9.17, 15) is 4.79 Å². The number of benzene rings is 1. The summed E-state index contributed by atoms with van der Waals surface area (Å²) in [5.74, 6) is 3.53. The van der Waals surface area contributed by atoms with Crippen molar-refractivity contribution in [2.75, 3.05) is 20.2 Å². The monoisotopic (exact) mass is 341 g/mol. The molecule has 0 spiro atoms. The summed E-state index contributed by atoms with van der Waals surface area (Å²) in [6.45, 7) is 1.74. The van der Waals surface area contributed by atoms with Crippen molar-refractivity contribution in [3.63, 3.8) is 0 Å². The average molecular weight is 341 g/mol. The summed E-state index contributed by atoms with van der Waals surface area (Å²) in [5.41, 5.74) is 2.73. The van der Waals surface area contributed by atoms with Gasteiger partial charge in [-0.1, -0.05) is 25.3 Å². The molecule has 0 radical (unpaired) electrons. The Morgan fingerprint density at radius 2 is 1.64 bits per heavy atom. The standard InChI is InChI=1S/C22H31NO2/c1-25-21-10-9-18-11-13-23(14-12-20(18)15-21)22(24)19-7-5-17(6-8-19)16-3-2-4-16/h9-10,15-17,19H,2-8,11-14H2,1H3. The molecular weight excluding hydrogens is 310 g/mol. The molecule has 0 aromatic heterocycles. The lowest BCUT2D eigenvalue weighted by atomic mass is 9.68. The molecule has 3 heteroatoms. The van der Waals surface area contributed by atoms with Gasteiger partial charge in [0, 0.05) is 19.0 Å². The van der Waals surface area contributed by atoms with E-state index in [4.69, 9.17) is 4.74 Å². The van der Waals surface area contributed by atoms with E-state index in [1.807, 2.05) is 6.07 Å². The minimum Gasteiger partial charge on any atom is -0.497 e. The third-order valence-corrected chi connectivity index (χ3v) is 6.96. The fourth-order valence-corrected chi connectivity index (χ4v) is 5.06. The summed E-state index contributed by atoms with van der Waals surface area (Å²) in [7, 11) is 1.72. The lowest BCUT2D eigenvalue weighted by Crippen LogP contribution is -2.40. The normalized spacial score (nSPS) is 27.2. The molecule has 1 aliphatic heterocycles. The molecule has 0 atom stereocenters. The number of nitrogens with zero attached hydrogens (tertiary/aromatic N) is 1. The predicted octanol–water partition coefficient (Wildman–Crippen LogP) is 4.23. The van der Waals surface area contributed by atoms with Crippen LogP contribution >= 0.6 is 0 Å². The second kappa shape index (κ2) is 7.39. The summed E-state index contributed by atoms with van der Waals surface area (Å²) >= 11 is 0. The zero-order valence-corrected chi connectivity index (χ0v) is 15.5. The zero-order chi connectivity index (χ0) is 17.2. The van der Waals surface area contributed by atoms with Crippen LogP contribution in [0.1, 0.15) is 56.1 Å². The predicted molar refractivity (Wildman–Crippen MR) is 99.8 cm³/mol. The average Bonchev–Trinajstić information content (AvgIpc) is 2.82. The number of fused-ring (bicyclic) bond motifs is 1. The molecule has 4 rings (SSSR count). The highest BCUT2D eigenvalue weighted by Crippen LogP contribution is 2.42. The SMILES string of the molecule is COc1ccc2c(c1)CCN(C(=O)C1CCC(C3CCC3)CC1)CC2. The number of methoxy groups -OCH3 is 1. The molecular formula is C22H31NO2. The van der Waals surface area contributed by atoms with Crippen LogP contribution in [0.3, 0.4) is 0 Å². The van der Waals surface area contributed by atoms with Crippen LogP contribution < -0.4 is 4.74 Å². The number of hydrogen-bond donors (Lipinski definition) is 0. The molecule has 25 heavy (non-hydrogen) atoms. The van der Waals surface area contributed by atoms with E-state index in [0.29, 0.717) is 5.91 Å². The highest BCUT2D eigenvalue weighted by atomic mass is 16.5. The van der Waals surface area contributed by atoms with Crippen LogP contribution in [0, 0.1) is 17.8 Å². The van der Waals surface area contributed by atoms with Gasteiger partial charge in [0.2, 0.25) is 5.91 Å². The molecule has 1 aromatic rings. The number of amides is 1. The van der Waals surface area contributed by atoms with Crippen molar-refractivity contribution in [3.05, 3.63) is 29.3 Å². The molecule has 136 valence electrons. The number of carbonyl (C=O) groups excluding carboxylic acids is 1. The van der Waals surface area contributed by atoms with Gasteiger partial charge in [0.25, 0.3) is 0 Å². The molecule has 0 N–H and O–H groups in total. The lowest BCUT2D eigenvalue weighted by Gasteiger charge is -2.39. The quantitative estimate of drug-likeness (QED) is 0.823. The van der Waals surface area contributed by atoms with Gasteiger partial charge in [-0.2, -0.15) is 0 Å². The molecule has 2 saturated carbocycles. The molecule has 0 unspecified atom stereocenters. The van der Waals surface area contributed by atoms with Crippen molar-refractivity contribution in [1.82, 2.24) is 4.90 Å². The molecule has 0 saturated heterocycles. The topological polar surface area (TPSA) is 29.5 Å². The van der Waals surface area contributed by atoms with E-state index in [1.165, 1.54) is 43.2 Å². The first-order valence-electron chi connectivity index (χ1n) is 10.2. The summed E-state index contributed by atoms with van der Waals surface area (Å²) < 4.78 is 5.35. The fraction of sp³-hybridized carbons (Fsp3) is 0.682. The summed E-state index contributed by atoms with van der Waals surface area (Å²) in [4.78, 5) is 15.2. The molecule has 1 aromatic carbocycles. The Bertz CT molecular complexity index is 614. The number of carbonyl (C=O) groups is 1. The smallest absolute Gasteiger partial charge is 0.225 e. The number of ether oxygens (including phenoxy) is 1. The van der Waals surface area contributed by atoms with Gasteiger partial charge >= 0.3 is 0 Å². The lowest BCUT2D eigenvalue weighted by molar-refractivity contribution is -0.137. The van der Waals surface area contributed by atoms with E-state index < -0.39 is 0 Å². The van der Waals surface area contributed by atoms with Crippen molar-refractivity contribution in [2.24, 2.45) is 17.8 Å². The first-order chi connectivity index (χ1) is 12.2. The van der Waals surface area contributed by atoms with Crippen LogP contribution in [0.4, 0.5) is 0 Å². The van der Waals surface area contributed by atoms with Crippen LogP contribution in [0.15, 0.2) is 18.2 Å². The Balaban J connectivity index is 1.34. The highest BCUT2D eigenvalue weighted by Gasteiger charge is 2.34. The molecule has 2 fully saturated rings. The molecule has 3 nitrogen and oxygen atoms in total. The zero-order valence-electron chi connectivity index (χ0n) is 15.5. The van der Waals surface area contributed by atoms with E-state index in [-0.39, 0.29) is 5.92 Å². The van der Waals surface area contributed by atoms with Gasteiger partial charge in [0.15, 0.2) is 0 Å². The van der Waals surface area contributed by atoms with Crippen LogP contribution in [0.25, 0.3) is 0 Å². The molecule has 1 heterocycles.